The van der Waals surface area contributed by atoms with Gasteiger partial charge in [-0.25, -0.2) is 9.59 Å². The van der Waals surface area contributed by atoms with Crippen molar-refractivity contribution in [3.8, 4) is 11.5 Å². The predicted octanol–water partition coefficient (Wildman–Crippen LogP) is 4.83. The monoisotopic (exact) mass is 535 g/mol. The maximum Gasteiger partial charge on any atom is 0.336 e. The average molecular weight is 537 g/mol. The highest BCUT2D eigenvalue weighted by molar-refractivity contribution is 9.10. The minimum Gasteiger partial charge on any atom is -0.493 e. The summed E-state index contributed by atoms with van der Waals surface area (Å²) >= 11 is 9.53. The molecule has 0 saturated carbocycles. The molecule has 0 fully saturated rings. The first-order valence-electron chi connectivity index (χ1n) is 9.84. The molecule has 0 N–H and O–H groups in total. The molecule has 3 rings (SSSR count). The first-order valence-corrected chi connectivity index (χ1v) is 11.0. The summed E-state index contributed by atoms with van der Waals surface area (Å²) < 4.78 is 21.5. The Hall–Kier alpha value is -2.97. The Kier molecular flexibility index (Phi) is 8.05. The molecule has 1 heterocycles. The van der Waals surface area contributed by atoms with Crippen molar-refractivity contribution in [3.05, 3.63) is 80.6 Å². The van der Waals surface area contributed by atoms with Gasteiger partial charge in [0.1, 0.15) is 0 Å². The normalized spacial score (nSPS) is 13.7. The Morgan fingerprint density at radius 3 is 1.91 bits per heavy atom. The highest BCUT2D eigenvalue weighted by Gasteiger charge is 2.37. The van der Waals surface area contributed by atoms with Crippen LogP contribution in [0.2, 0.25) is 5.02 Å². The summed E-state index contributed by atoms with van der Waals surface area (Å²) in [6.45, 7) is 0.401. The molecule has 0 amide bonds. The third-order valence-electron chi connectivity index (χ3n) is 5.17. The summed E-state index contributed by atoms with van der Waals surface area (Å²) in [5.74, 6) is -0.955. The van der Waals surface area contributed by atoms with E-state index in [4.69, 9.17) is 30.5 Å². The number of carbonyl (C=O) groups excluding carboxylic acids is 2. The molecule has 2 aromatic carbocycles. The molecule has 0 unspecified atom stereocenters. The van der Waals surface area contributed by atoms with Crippen molar-refractivity contribution in [1.29, 1.82) is 0 Å². The third kappa shape index (κ3) is 5.34. The Morgan fingerprint density at radius 1 is 0.909 bits per heavy atom. The average Bonchev–Trinajstić information content (AvgIpc) is 2.83. The molecule has 0 spiro atoms. The van der Waals surface area contributed by atoms with Crippen LogP contribution in [0.25, 0.3) is 0 Å². The van der Waals surface area contributed by atoms with E-state index < -0.39 is 17.9 Å². The molecule has 0 saturated heterocycles. The summed E-state index contributed by atoms with van der Waals surface area (Å²) in [7, 11) is 5.63. The van der Waals surface area contributed by atoms with Crippen LogP contribution in [0.5, 0.6) is 11.5 Å². The van der Waals surface area contributed by atoms with Crippen molar-refractivity contribution < 1.29 is 28.5 Å². The van der Waals surface area contributed by atoms with Crippen molar-refractivity contribution in [2.75, 3.05) is 28.4 Å². The zero-order valence-corrected chi connectivity index (χ0v) is 20.9. The molecule has 0 atom stereocenters. The molecule has 0 aliphatic carbocycles. The van der Waals surface area contributed by atoms with Gasteiger partial charge in [-0.2, -0.15) is 0 Å². The van der Waals surface area contributed by atoms with Gasteiger partial charge >= 0.3 is 11.9 Å². The van der Waals surface area contributed by atoms with E-state index in [1.807, 2.05) is 12.1 Å². The molecular weight excluding hydrogens is 514 g/mol. The van der Waals surface area contributed by atoms with Crippen LogP contribution in [0, 0.1) is 0 Å². The predicted molar refractivity (Wildman–Crippen MR) is 127 cm³/mol. The number of halogens is 2. The Bertz CT molecular complexity index is 1080. The van der Waals surface area contributed by atoms with Crippen molar-refractivity contribution in [3.63, 3.8) is 0 Å². The van der Waals surface area contributed by atoms with Crippen molar-refractivity contribution >= 4 is 39.5 Å². The highest BCUT2D eigenvalue weighted by atomic mass is 79.9. The van der Waals surface area contributed by atoms with E-state index in [0.29, 0.717) is 33.1 Å². The van der Waals surface area contributed by atoms with E-state index in [-0.39, 0.29) is 11.1 Å². The number of nitrogens with zero attached hydrogens (tertiary/aromatic N) is 1. The molecule has 0 aromatic heterocycles. The van der Waals surface area contributed by atoms with Gasteiger partial charge in [-0.15, -0.1) is 0 Å². The Balaban J connectivity index is 2.15. The largest absolute Gasteiger partial charge is 0.493 e. The summed E-state index contributed by atoms with van der Waals surface area (Å²) in [4.78, 5) is 27.4. The lowest BCUT2D eigenvalue weighted by molar-refractivity contribution is -0.137. The molecule has 0 bridgehead atoms. The lowest BCUT2D eigenvalue weighted by Crippen LogP contribution is -2.28. The number of esters is 2. The summed E-state index contributed by atoms with van der Waals surface area (Å²) in [6, 6.07) is 10.7. The molecule has 1 aliphatic heterocycles. The van der Waals surface area contributed by atoms with Crippen LogP contribution >= 0.6 is 27.5 Å². The minimum absolute atomic E-state index is 0.266. The van der Waals surface area contributed by atoms with E-state index in [1.165, 1.54) is 28.4 Å². The van der Waals surface area contributed by atoms with Gasteiger partial charge in [0, 0.05) is 28.4 Å². The van der Waals surface area contributed by atoms with Crippen LogP contribution in [0.15, 0.2) is 64.4 Å². The third-order valence-corrected chi connectivity index (χ3v) is 6.11. The number of hydrogen-bond acceptors (Lipinski definition) is 7. The maximum atomic E-state index is 12.9. The van der Waals surface area contributed by atoms with Crippen LogP contribution in [0.4, 0.5) is 0 Å². The zero-order valence-electron chi connectivity index (χ0n) is 18.6. The number of ether oxygens (including phenoxy) is 4. The molecule has 33 heavy (non-hydrogen) atoms. The van der Waals surface area contributed by atoms with Crippen LogP contribution in [-0.2, 0) is 25.6 Å². The number of carbonyl (C=O) groups is 2. The summed E-state index contributed by atoms with van der Waals surface area (Å²) in [5.41, 5.74) is 2.09. The van der Waals surface area contributed by atoms with E-state index in [9.17, 15) is 9.59 Å². The van der Waals surface area contributed by atoms with Crippen molar-refractivity contribution in [2.24, 2.45) is 0 Å². The minimum atomic E-state index is -0.763. The molecular formula is C24H23BrClNO6. The van der Waals surface area contributed by atoms with E-state index in [2.05, 4.69) is 15.9 Å². The number of methoxy groups -OCH3 is 4. The van der Waals surface area contributed by atoms with Crippen LogP contribution < -0.4 is 9.47 Å². The standard InChI is InChI=1S/C24H23BrClNO6/c1-30-20-9-16(19(25)10-21(20)31-2)22-17(23(28)32-3)12-27(13-18(22)24(29)33-4)11-14-5-7-15(26)8-6-14/h5-10,12-13,22H,11H2,1-4H3. The van der Waals surface area contributed by atoms with Gasteiger partial charge in [-0.05, 0) is 35.4 Å². The lowest BCUT2D eigenvalue weighted by Gasteiger charge is -2.31. The van der Waals surface area contributed by atoms with Crippen molar-refractivity contribution in [2.45, 2.75) is 12.5 Å². The molecule has 1 aliphatic rings. The first kappa shape index (κ1) is 24.7. The van der Waals surface area contributed by atoms with Crippen LogP contribution in [-0.4, -0.2) is 45.3 Å². The van der Waals surface area contributed by atoms with Gasteiger partial charge in [0.05, 0.1) is 45.5 Å². The first-order chi connectivity index (χ1) is 15.8. The molecule has 0 radical (unpaired) electrons. The van der Waals surface area contributed by atoms with Gasteiger partial charge in [-0.3, -0.25) is 0 Å². The lowest BCUT2D eigenvalue weighted by atomic mass is 9.83. The zero-order chi connectivity index (χ0) is 24.1. The van der Waals surface area contributed by atoms with E-state index in [1.54, 1.807) is 41.6 Å². The number of rotatable bonds is 7. The topological polar surface area (TPSA) is 74.3 Å². The van der Waals surface area contributed by atoms with Gasteiger partial charge in [0.15, 0.2) is 11.5 Å². The van der Waals surface area contributed by atoms with E-state index in [0.717, 1.165) is 5.56 Å². The number of hydrogen-bond donors (Lipinski definition) is 0. The van der Waals surface area contributed by atoms with E-state index >= 15 is 0 Å². The van der Waals surface area contributed by atoms with Crippen LogP contribution in [0.1, 0.15) is 17.0 Å². The SMILES string of the molecule is COC(=O)C1=CN(Cc2ccc(Cl)cc2)C=C(C(=O)OC)C1c1cc(OC)c(OC)cc1Br. The Morgan fingerprint density at radius 2 is 1.42 bits per heavy atom. The van der Waals surface area contributed by atoms with Gasteiger partial charge in [0.2, 0.25) is 0 Å². The fraction of sp³-hybridized carbons (Fsp3) is 0.250. The van der Waals surface area contributed by atoms with Gasteiger partial charge in [-0.1, -0.05) is 39.7 Å². The van der Waals surface area contributed by atoms with Gasteiger partial charge < -0.3 is 23.8 Å². The van der Waals surface area contributed by atoms with Gasteiger partial charge in [0.25, 0.3) is 0 Å². The molecule has 2 aromatic rings. The number of benzene rings is 2. The second-order valence-electron chi connectivity index (χ2n) is 7.11. The summed E-state index contributed by atoms with van der Waals surface area (Å²) in [5, 5.41) is 0.618. The van der Waals surface area contributed by atoms with Crippen molar-refractivity contribution in [1.82, 2.24) is 4.90 Å². The Labute approximate surface area is 205 Å². The summed E-state index contributed by atoms with van der Waals surface area (Å²) in [6.07, 6.45) is 3.33. The second-order valence-corrected chi connectivity index (χ2v) is 8.40. The quantitative estimate of drug-likeness (QED) is 0.469. The fourth-order valence-electron chi connectivity index (χ4n) is 3.61. The fourth-order valence-corrected chi connectivity index (χ4v) is 4.28. The second kappa shape index (κ2) is 10.8. The smallest absolute Gasteiger partial charge is 0.336 e. The molecule has 174 valence electrons. The van der Waals surface area contributed by atoms with Crippen LogP contribution in [0.3, 0.4) is 0 Å². The highest BCUT2D eigenvalue weighted by Crippen LogP contribution is 2.44. The maximum absolute atomic E-state index is 12.9. The molecule has 9 heteroatoms. The molecule has 7 nitrogen and oxygen atoms in total.